The highest BCUT2D eigenvalue weighted by Gasteiger charge is 2.14. The van der Waals surface area contributed by atoms with Crippen LogP contribution in [0.2, 0.25) is 0 Å². The number of hydrogen-bond donors (Lipinski definition) is 0. The molecule has 0 atom stereocenters. The molecule has 0 aliphatic heterocycles. The predicted octanol–water partition coefficient (Wildman–Crippen LogP) is 2.65. The van der Waals surface area contributed by atoms with Crippen LogP contribution < -0.4 is 0 Å². The van der Waals surface area contributed by atoms with Crippen molar-refractivity contribution in [3.05, 3.63) is 34.6 Å². The molecule has 2 aromatic rings. The summed E-state index contributed by atoms with van der Waals surface area (Å²) >= 11 is 0. The largest absolute Gasteiger partial charge is 0.433 e. The fourth-order valence-electron chi connectivity index (χ4n) is 1.60. The van der Waals surface area contributed by atoms with Gasteiger partial charge in [-0.2, -0.15) is 0 Å². The van der Waals surface area contributed by atoms with Crippen molar-refractivity contribution >= 4 is 17.9 Å². The lowest BCUT2D eigenvalue weighted by Crippen LogP contribution is -2.20. The van der Waals surface area contributed by atoms with Crippen LogP contribution in [0.25, 0.3) is 11.6 Å². The second kappa shape index (κ2) is 6.60. The smallest absolute Gasteiger partial charge is 0.397 e. The number of furan rings is 1. The van der Waals surface area contributed by atoms with Crippen molar-refractivity contribution in [2.24, 2.45) is 4.99 Å². The first-order chi connectivity index (χ1) is 10.1. The molecule has 0 saturated heterocycles. The molecule has 0 radical (unpaired) electrons. The van der Waals surface area contributed by atoms with E-state index in [0.29, 0.717) is 5.69 Å². The molecular weight excluding hydrogens is 274 g/mol. The zero-order valence-corrected chi connectivity index (χ0v) is 11.8. The zero-order valence-electron chi connectivity index (χ0n) is 11.8. The molecule has 0 fully saturated rings. The monoisotopic (exact) mass is 289 g/mol. The van der Waals surface area contributed by atoms with Gasteiger partial charge in [-0.25, -0.2) is 15.0 Å². The second-order valence-corrected chi connectivity index (χ2v) is 4.13. The van der Waals surface area contributed by atoms with Crippen molar-refractivity contribution < 1.29 is 9.34 Å². The Kier molecular flexibility index (Phi) is 4.60. The maximum atomic E-state index is 10.6. The van der Waals surface area contributed by atoms with Crippen LogP contribution in [0, 0.1) is 10.1 Å². The van der Waals surface area contributed by atoms with E-state index in [2.05, 4.69) is 15.0 Å². The quantitative estimate of drug-likeness (QED) is 0.351. The van der Waals surface area contributed by atoms with Crippen LogP contribution in [-0.4, -0.2) is 39.2 Å². The van der Waals surface area contributed by atoms with Gasteiger partial charge in [0.2, 0.25) is 0 Å². The first-order valence-electron chi connectivity index (χ1n) is 6.49. The number of nitrogens with zero attached hydrogens (tertiary/aromatic N) is 5. The Morgan fingerprint density at radius 2 is 2.00 bits per heavy atom. The minimum atomic E-state index is -0.605. The molecule has 2 aromatic heterocycles. The van der Waals surface area contributed by atoms with Gasteiger partial charge < -0.3 is 9.32 Å². The number of nitro groups is 1. The fraction of sp³-hybridized carbons (Fsp3) is 0.308. The third kappa shape index (κ3) is 3.62. The Morgan fingerprint density at radius 3 is 2.52 bits per heavy atom. The number of aromatic nitrogens is 2. The minimum Gasteiger partial charge on any atom is -0.397 e. The topological polar surface area (TPSA) is 97.7 Å². The van der Waals surface area contributed by atoms with E-state index in [1.165, 1.54) is 24.5 Å². The van der Waals surface area contributed by atoms with E-state index in [1.807, 2.05) is 18.7 Å². The van der Waals surface area contributed by atoms with Crippen LogP contribution in [0.4, 0.5) is 11.6 Å². The highest BCUT2D eigenvalue weighted by atomic mass is 16.6. The molecule has 21 heavy (non-hydrogen) atoms. The van der Waals surface area contributed by atoms with Crippen LogP contribution in [0.3, 0.4) is 0 Å². The Hall–Kier alpha value is -2.77. The Bertz CT molecular complexity index is 632. The predicted molar refractivity (Wildman–Crippen MR) is 77.5 cm³/mol. The van der Waals surface area contributed by atoms with E-state index in [9.17, 15) is 10.1 Å². The molecule has 0 spiro atoms. The molecule has 0 saturated carbocycles. The molecule has 2 rings (SSSR count). The van der Waals surface area contributed by atoms with Gasteiger partial charge in [-0.1, -0.05) is 0 Å². The van der Waals surface area contributed by atoms with E-state index in [-0.39, 0.29) is 17.5 Å². The van der Waals surface area contributed by atoms with Gasteiger partial charge >= 0.3 is 5.88 Å². The molecule has 0 aromatic carbocycles. The maximum Gasteiger partial charge on any atom is 0.433 e. The van der Waals surface area contributed by atoms with Crippen molar-refractivity contribution in [1.82, 2.24) is 14.9 Å². The Morgan fingerprint density at radius 1 is 1.33 bits per heavy atom. The Balaban J connectivity index is 2.12. The van der Waals surface area contributed by atoms with E-state index in [4.69, 9.17) is 4.42 Å². The molecule has 0 aliphatic carbocycles. The lowest BCUT2D eigenvalue weighted by atomic mass is 10.4. The van der Waals surface area contributed by atoms with Gasteiger partial charge in [0.1, 0.15) is 10.6 Å². The zero-order chi connectivity index (χ0) is 15.2. The van der Waals surface area contributed by atoms with Crippen molar-refractivity contribution in [2.45, 2.75) is 13.8 Å². The summed E-state index contributed by atoms with van der Waals surface area (Å²) in [5.74, 6) is 0.197. The van der Waals surface area contributed by atoms with Crippen molar-refractivity contribution in [3.8, 4) is 11.6 Å². The van der Waals surface area contributed by atoms with Crippen LogP contribution >= 0.6 is 0 Å². The fourth-order valence-corrected chi connectivity index (χ4v) is 1.60. The summed E-state index contributed by atoms with van der Waals surface area (Å²) in [6, 6.07) is 2.73. The molecule has 2 heterocycles. The molecular formula is C13H15N5O3. The summed E-state index contributed by atoms with van der Waals surface area (Å²) in [7, 11) is 0. The lowest BCUT2D eigenvalue weighted by molar-refractivity contribution is -0.401. The molecule has 8 nitrogen and oxygen atoms in total. The molecule has 0 amide bonds. The third-order valence-electron chi connectivity index (χ3n) is 2.81. The minimum absolute atomic E-state index is 0.251. The van der Waals surface area contributed by atoms with Gasteiger partial charge in [0.25, 0.3) is 0 Å². The van der Waals surface area contributed by atoms with Crippen LogP contribution in [0.5, 0.6) is 0 Å². The van der Waals surface area contributed by atoms with Crippen LogP contribution in [0.15, 0.2) is 33.9 Å². The molecule has 110 valence electrons. The summed E-state index contributed by atoms with van der Waals surface area (Å²) in [4.78, 5) is 24.4. The standard InChI is InChI=1S/C13H15N5O3/c1-3-17(4-2)9-16-10-7-14-13(15-8-10)11-5-6-12(21-11)18(19)20/h5-9H,3-4H2,1-2H3. The van der Waals surface area contributed by atoms with Gasteiger partial charge in [0, 0.05) is 13.1 Å². The third-order valence-corrected chi connectivity index (χ3v) is 2.81. The van der Waals surface area contributed by atoms with Gasteiger partial charge in [-0.05, 0) is 19.9 Å². The molecule has 8 heteroatoms. The lowest BCUT2D eigenvalue weighted by Gasteiger charge is -2.13. The SMILES string of the molecule is CCN(C=Nc1cnc(-c2ccc([N+](=O)[O-])o2)nc1)CC. The van der Waals surface area contributed by atoms with Gasteiger partial charge in [0.05, 0.1) is 24.8 Å². The first kappa shape index (κ1) is 14.6. The first-order valence-corrected chi connectivity index (χ1v) is 6.49. The number of hydrogen-bond acceptors (Lipinski definition) is 6. The van der Waals surface area contributed by atoms with Gasteiger partial charge in [0.15, 0.2) is 11.6 Å². The summed E-state index contributed by atoms with van der Waals surface area (Å²) < 4.78 is 5.03. The van der Waals surface area contributed by atoms with Crippen LogP contribution in [-0.2, 0) is 0 Å². The summed E-state index contributed by atoms with van der Waals surface area (Å²) in [6.07, 6.45) is 4.81. The van der Waals surface area contributed by atoms with Gasteiger partial charge in [-0.15, -0.1) is 0 Å². The Labute approximate surface area is 121 Å². The molecule has 0 aliphatic rings. The van der Waals surface area contributed by atoms with E-state index in [1.54, 1.807) is 6.34 Å². The van der Waals surface area contributed by atoms with E-state index < -0.39 is 4.92 Å². The molecule has 0 unspecified atom stereocenters. The highest BCUT2D eigenvalue weighted by molar-refractivity contribution is 5.61. The number of rotatable bonds is 6. The van der Waals surface area contributed by atoms with Crippen molar-refractivity contribution in [3.63, 3.8) is 0 Å². The second-order valence-electron chi connectivity index (χ2n) is 4.13. The van der Waals surface area contributed by atoms with E-state index in [0.717, 1.165) is 13.1 Å². The average Bonchev–Trinajstić information content (AvgIpc) is 2.99. The normalized spacial score (nSPS) is 11.0. The molecule has 0 bridgehead atoms. The summed E-state index contributed by atoms with van der Waals surface area (Å²) in [6.45, 7) is 5.82. The highest BCUT2D eigenvalue weighted by Crippen LogP contribution is 2.23. The van der Waals surface area contributed by atoms with Crippen molar-refractivity contribution in [2.75, 3.05) is 13.1 Å². The van der Waals surface area contributed by atoms with Crippen LogP contribution in [0.1, 0.15) is 13.8 Å². The number of aliphatic imine (C=N–C) groups is 1. The summed E-state index contributed by atoms with van der Waals surface area (Å²) in [5.41, 5.74) is 0.603. The van der Waals surface area contributed by atoms with E-state index >= 15 is 0 Å². The summed E-state index contributed by atoms with van der Waals surface area (Å²) in [5, 5.41) is 10.6. The average molecular weight is 289 g/mol. The molecule has 0 N–H and O–H groups in total. The van der Waals surface area contributed by atoms with Gasteiger partial charge in [-0.3, -0.25) is 10.1 Å². The maximum absolute atomic E-state index is 10.6. The van der Waals surface area contributed by atoms with Crippen molar-refractivity contribution in [1.29, 1.82) is 0 Å².